The number of halogens is 1. The Bertz CT molecular complexity index is 1890. The molecule has 2 aliphatic heterocycles. The Morgan fingerprint density at radius 3 is 2.45 bits per heavy atom. The van der Waals surface area contributed by atoms with Crippen LogP contribution < -0.4 is 31.5 Å². The number of amides is 2. The summed E-state index contributed by atoms with van der Waals surface area (Å²) in [6.07, 6.45) is 7.70. The van der Waals surface area contributed by atoms with Crippen molar-refractivity contribution in [2.24, 2.45) is 5.41 Å². The van der Waals surface area contributed by atoms with Crippen molar-refractivity contribution in [2.45, 2.75) is 71.6 Å². The Hall–Kier alpha value is -4.65. The van der Waals surface area contributed by atoms with Gasteiger partial charge < -0.3 is 31.0 Å². The first-order valence-corrected chi connectivity index (χ1v) is 19.1. The van der Waals surface area contributed by atoms with Crippen molar-refractivity contribution in [3.63, 3.8) is 0 Å². The molecule has 0 spiro atoms. The van der Waals surface area contributed by atoms with Gasteiger partial charge in [0.2, 0.25) is 5.96 Å². The van der Waals surface area contributed by atoms with Crippen LogP contribution in [0.15, 0.2) is 72.7 Å². The van der Waals surface area contributed by atoms with Crippen LogP contribution in [-0.2, 0) is 6.54 Å². The predicted octanol–water partition coefficient (Wildman–Crippen LogP) is 6.57. The molecule has 6 rings (SSSR count). The largest absolute Gasteiger partial charge is 0.484 e. The molecule has 7 N–H and O–H groups in total. The van der Waals surface area contributed by atoms with Crippen LogP contribution in [-0.4, -0.2) is 71.3 Å². The van der Waals surface area contributed by atoms with Gasteiger partial charge in [0.25, 0.3) is 0 Å². The van der Waals surface area contributed by atoms with Gasteiger partial charge in [0.1, 0.15) is 23.2 Å². The Kier molecular flexibility index (Phi) is 12.2. The first-order valence-electron chi connectivity index (χ1n) is 18.7. The molecule has 2 fully saturated rings. The standard InChI is InChI=1S/C40H53ClN10O2/c1-40(2,3)35(42)24-37(46-29-22-27(21-28(41)23-29)25-49-19-15-45-16-20-49)48-39(52)47-33-12-13-34(32-10-6-5-9-31(32)33)53-30-11-14-36(43)51(26-30)38(44)50-17-7-4-8-18-50/h5-6,9-11,14,21-24,26,33-34,42-46H,4,7-8,12-13,15-20,25H2,1-3H3,(H2,47,48,52)/b37-24+,42-35?,43-36?,44-38?/t33-,34+/m0/s1. The second-order valence-corrected chi connectivity index (χ2v) is 15.6. The zero-order valence-electron chi connectivity index (χ0n) is 31.0. The maximum atomic E-state index is 13.7. The van der Waals surface area contributed by atoms with E-state index in [0.717, 1.165) is 81.0 Å². The number of pyridine rings is 1. The Morgan fingerprint density at radius 1 is 0.981 bits per heavy atom. The zero-order chi connectivity index (χ0) is 37.5. The fourth-order valence-corrected chi connectivity index (χ4v) is 7.31. The van der Waals surface area contributed by atoms with Gasteiger partial charge in [-0.3, -0.25) is 25.6 Å². The third-order valence-corrected chi connectivity index (χ3v) is 10.2. The Morgan fingerprint density at radius 2 is 1.72 bits per heavy atom. The van der Waals surface area contributed by atoms with Gasteiger partial charge in [0.05, 0.1) is 12.2 Å². The van der Waals surface area contributed by atoms with E-state index in [2.05, 4.69) is 26.2 Å². The summed E-state index contributed by atoms with van der Waals surface area (Å²) in [4.78, 5) is 18.1. The van der Waals surface area contributed by atoms with E-state index >= 15 is 0 Å². The van der Waals surface area contributed by atoms with E-state index in [4.69, 9.17) is 32.6 Å². The van der Waals surface area contributed by atoms with E-state index < -0.39 is 11.4 Å². The van der Waals surface area contributed by atoms with E-state index in [1.165, 1.54) is 6.42 Å². The number of piperidine rings is 1. The predicted molar refractivity (Wildman–Crippen MR) is 211 cm³/mol. The van der Waals surface area contributed by atoms with Gasteiger partial charge in [-0.05, 0) is 79.1 Å². The summed E-state index contributed by atoms with van der Waals surface area (Å²) in [6.45, 7) is 12.1. The van der Waals surface area contributed by atoms with Crippen LogP contribution in [0.25, 0.3) is 0 Å². The molecule has 2 saturated heterocycles. The van der Waals surface area contributed by atoms with Crippen molar-refractivity contribution in [3.05, 3.63) is 99.9 Å². The summed E-state index contributed by atoms with van der Waals surface area (Å²) in [6, 6.07) is 16.6. The Labute approximate surface area is 317 Å². The van der Waals surface area contributed by atoms with E-state index in [1.54, 1.807) is 29.0 Å². The zero-order valence-corrected chi connectivity index (χ0v) is 31.8. The molecular formula is C40H53ClN10O2. The van der Waals surface area contributed by atoms with E-state index in [1.807, 2.05) is 68.1 Å². The van der Waals surface area contributed by atoms with Crippen molar-refractivity contribution in [1.29, 1.82) is 16.2 Å². The molecule has 2 aromatic carbocycles. The number of hydrogen-bond acceptors (Lipinski definition) is 8. The number of rotatable bonds is 9. The molecule has 2 amide bonds. The smallest absolute Gasteiger partial charge is 0.320 e. The third-order valence-electron chi connectivity index (χ3n) is 10.0. The molecule has 3 aliphatic rings. The second kappa shape index (κ2) is 17.0. The quantitative estimate of drug-likeness (QED) is 0.0972. The highest BCUT2D eigenvalue weighted by Gasteiger charge is 2.30. The number of hydrogen-bond donors (Lipinski definition) is 7. The highest BCUT2D eigenvalue weighted by Crippen LogP contribution is 2.38. The number of fused-ring (bicyclic) bond motifs is 1. The fraction of sp³-hybridized carbons (Fsp3) is 0.450. The molecule has 2 atom stereocenters. The van der Waals surface area contributed by atoms with Crippen LogP contribution in [0, 0.1) is 21.6 Å². The lowest BCUT2D eigenvalue weighted by Crippen LogP contribution is -2.43. The number of nitrogens with zero attached hydrogens (tertiary/aromatic N) is 3. The number of benzene rings is 2. The highest BCUT2D eigenvalue weighted by atomic mass is 35.5. The van der Waals surface area contributed by atoms with Crippen molar-refractivity contribution in [2.75, 3.05) is 44.6 Å². The van der Waals surface area contributed by atoms with Crippen LogP contribution in [0.4, 0.5) is 10.5 Å². The topological polar surface area (TPSA) is 157 Å². The molecule has 13 heteroatoms. The van der Waals surface area contributed by atoms with Gasteiger partial charge in [-0.1, -0.05) is 56.6 Å². The Balaban J connectivity index is 1.15. The first kappa shape index (κ1) is 38.1. The summed E-state index contributed by atoms with van der Waals surface area (Å²) in [5, 5.41) is 39.4. The van der Waals surface area contributed by atoms with Gasteiger partial charge in [-0.25, -0.2) is 4.79 Å². The lowest BCUT2D eigenvalue weighted by molar-refractivity contribution is 0.170. The minimum Gasteiger partial charge on any atom is -0.484 e. The van der Waals surface area contributed by atoms with Crippen LogP contribution in [0.5, 0.6) is 5.75 Å². The number of piperazine rings is 1. The van der Waals surface area contributed by atoms with Gasteiger partial charge in [-0.2, -0.15) is 0 Å². The van der Waals surface area contributed by atoms with Gasteiger partial charge in [0.15, 0.2) is 0 Å². The van der Waals surface area contributed by atoms with Crippen molar-refractivity contribution in [1.82, 2.24) is 30.3 Å². The molecule has 3 aromatic rings. The highest BCUT2D eigenvalue weighted by molar-refractivity contribution is 6.31. The SMILES string of the molecule is CC(C)(C)C(=N)/C=C(/NC(=O)N[C@H]1CC[C@@H](Oc2ccc(=N)n(C(=N)N3CCCCC3)c2)c2ccccc21)Nc1cc(Cl)cc(CN2CCNCC2)c1. The maximum Gasteiger partial charge on any atom is 0.320 e. The summed E-state index contributed by atoms with van der Waals surface area (Å²) >= 11 is 6.57. The van der Waals surface area contributed by atoms with Gasteiger partial charge in [0, 0.05) is 73.7 Å². The number of carbonyl (C=O) groups is 1. The van der Waals surface area contributed by atoms with Crippen molar-refractivity contribution in [3.8, 4) is 5.75 Å². The van der Waals surface area contributed by atoms with Crippen molar-refractivity contribution >= 4 is 35.0 Å². The summed E-state index contributed by atoms with van der Waals surface area (Å²) < 4.78 is 8.12. The van der Waals surface area contributed by atoms with E-state index in [9.17, 15) is 4.79 Å². The van der Waals surface area contributed by atoms with Gasteiger partial charge in [-0.15, -0.1) is 0 Å². The molecule has 12 nitrogen and oxygen atoms in total. The minimum absolute atomic E-state index is 0.235. The molecule has 3 heterocycles. The number of allylic oxidation sites excluding steroid dienone is 1. The molecule has 1 aromatic heterocycles. The first-order chi connectivity index (χ1) is 25.4. The fourth-order valence-electron chi connectivity index (χ4n) is 7.05. The number of ether oxygens (including phenoxy) is 1. The molecule has 1 aliphatic carbocycles. The third kappa shape index (κ3) is 10.1. The van der Waals surface area contributed by atoms with E-state index in [0.29, 0.717) is 41.1 Å². The van der Waals surface area contributed by atoms with Crippen LogP contribution in [0.2, 0.25) is 5.02 Å². The molecular weight excluding hydrogens is 688 g/mol. The lowest BCUT2D eigenvalue weighted by Gasteiger charge is -2.33. The number of urea groups is 1. The van der Waals surface area contributed by atoms with Gasteiger partial charge >= 0.3 is 6.03 Å². The molecule has 0 bridgehead atoms. The molecule has 0 radical (unpaired) electrons. The number of anilines is 1. The maximum absolute atomic E-state index is 13.7. The molecule has 0 unspecified atom stereocenters. The average Bonchev–Trinajstić information content (AvgIpc) is 3.13. The summed E-state index contributed by atoms with van der Waals surface area (Å²) in [5.74, 6) is 1.27. The summed E-state index contributed by atoms with van der Waals surface area (Å²) in [7, 11) is 0. The lowest BCUT2D eigenvalue weighted by atomic mass is 9.85. The normalized spacial score (nSPS) is 19.5. The number of likely N-dealkylation sites (tertiary alicyclic amines) is 1. The number of carbonyl (C=O) groups excluding carboxylic acids is 1. The van der Waals surface area contributed by atoms with E-state index in [-0.39, 0.29) is 17.6 Å². The molecule has 53 heavy (non-hydrogen) atoms. The van der Waals surface area contributed by atoms with Crippen molar-refractivity contribution < 1.29 is 9.53 Å². The van der Waals surface area contributed by atoms with Crippen LogP contribution in [0.3, 0.4) is 0 Å². The van der Waals surface area contributed by atoms with Crippen LogP contribution >= 0.6 is 11.6 Å². The number of aromatic nitrogens is 1. The minimum atomic E-state index is -0.432. The summed E-state index contributed by atoms with van der Waals surface area (Å²) in [5.41, 5.74) is 3.91. The number of nitrogens with one attached hydrogen (secondary N) is 7. The molecule has 282 valence electrons. The average molecular weight is 741 g/mol. The van der Waals surface area contributed by atoms with Crippen LogP contribution in [0.1, 0.15) is 81.7 Å². The molecule has 0 saturated carbocycles. The monoisotopic (exact) mass is 740 g/mol. The second-order valence-electron chi connectivity index (χ2n) is 15.2.